The van der Waals surface area contributed by atoms with Crippen molar-refractivity contribution < 1.29 is 8.85 Å². The van der Waals surface area contributed by atoms with E-state index in [4.69, 9.17) is 8.85 Å². The topological polar surface area (TPSA) is 18.5 Å². The summed E-state index contributed by atoms with van der Waals surface area (Å²) in [6.07, 6.45) is 4.78. The van der Waals surface area contributed by atoms with Crippen LogP contribution in [-0.2, 0) is 8.85 Å². The third-order valence-corrected chi connectivity index (χ3v) is 10.7. The van der Waals surface area contributed by atoms with E-state index in [2.05, 4.69) is 55.4 Å². The summed E-state index contributed by atoms with van der Waals surface area (Å²) >= 11 is 0. The fourth-order valence-corrected chi connectivity index (χ4v) is 9.64. The molecule has 0 bridgehead atoms. The highest BCUT2D eigenvalue weighted by molar-refractivity contribution is 6.72. The fourth-order valence-electron chi connectivity index (χ4n) is 4.34. The third kappa shape index (κ3) is 3.48. The van der Waals surface area contributed by atoms with Crippen molar-refractivity contribution in [2.24, 2.45) is 5.92 Å². The molecule has 0 atom stereocenters. The maximum atomic E-state index is 6.48. The molecule has 0 radical (unpaired) electrons. The molecule has 0 aromatic heterocycles. The van der Waals surface area contributed by atoms with Crippen molar-refractivity contribution in [3.8, 4) is 0 Å². The second kappa shape index (κ2) is 9.21. The Balaban J connectivity index is 5.96. The lowest BCUT2D eigenvalue weighted by Gasteiger charge is -2.52. The number of rotatable bonds is 11. The first kappa shape index (κ1) is 20.1. The van der Waals surface area contributed by atoms with Crippen LogP contribution in [0.5, 0.6) is 0 Å². The van der Waals surface area contributed by atoms with Gasteiger partial charge in [-0.05, 0) is 38.1 Å². The zero-order valence-corrected chi connectivity index (χ0v) is 16.2. The molecule has 0 aliphatic rings. The monoisotopic (exact) mass is 302 g/mol. The van der Waals surface area contributed by atoms with Gasteiger partial charge in [0.15, 0.2) is 0 Å². The Hall–Kier alpha value is 0.137. The molecule has 0 spiro atoms. The molecule has 0 aliphatic carbocycles. The molecule has 0 unspecified atom stereocenters. The smallest absolute Gasteiger partial charge is 0.347 e. The highest BCUT2D eigenvalue weighted by atomic mass is 28.4. The molecule has 0 amide bonds. The molecule has 0 aromatic carbocycles. The molecule has 0 saturated heterocycles. The van der Waals surface area contributed by atoms with Crippen LogP contribution in [0.15, 0.2) is 0 Å². The Morgan fingerprint density at radius 2 is 1.20 bits per heavy atom. The van der Waals surface area contributed by atoms with Gasteiger partial charge in [-0.3, -0.25) is 0 Å². The SMILES string of the molecule is CCO[Si](OCC)(C(C)C)C(CC)(CC)C(CC)CC. The quantitative estimate of drug-likeness (QED) is 0.442. The lowest BCUT2D eigenvalue weighted by Crippen LogP contribution is -2.58. The van der Waals surface area contributed by atoms with E-state index < -0.39 is 8.56 Å². The van der Waals surface area contributed by atoms with Crippen LogP contribution < -0.4 is 0 Å². The van der Waals surface area contributed by atoms with E-state index in [1.54, 1.807) is 0 Å². The first-order chi connectivity index (χ1) is 9.46. The lowest BCUT2D eigenvalue weighted by molar-refractivity contribution is 0.113. The lowest BCUT2D eigenvalue weighted by atomic mass is 9.83. The standard InChI is InChI=1S/C17H38O2Si/c1-9-16(10-2)17(11-3,12-4)20(15(7)8,18-13-5)19-14-6/h15-16H,9-14H2,1-8H3. The molecule has 0 aromatic rings. The highest BCUT2D eigenvalue weighted by Gasteiger charge is 2.60. The van der Waals surface area contributed by atoms with Gasteiger partial charge >= 0.3 is 8.56 Å². The van der Waals surface area contributed by atoms with Crippen LogP contribution in [0.4, 0.5) is 0 Å². The van der Waals surface area contributed by atoms with E-state index in [9.17, 15) is 0 Å². The van der Waals surface area contributed by atoms with Gasteiger partial charge in [0.25, 0.3) is 0 Å². The van der Waals surface area contributed by atoms with Crippen molar-refractivity contribution in [3.63, 3.8) is 0 Å². The number of hydrogen-bond donors (Lipinski definition) is 0. The molecule has 0 aliphatic heterocycles. The summed E-state index contributed by atoms with van der Waals surface area (Å²) in [7, 11) is -2.26. The molecular weight excluding hydrogens is 264 g/mol. The molecule has 3 heteroatoms. The Bertz CT molecular complexity index is 239. The zero-order valence-electron chi connectivity index (χ0n) is 15.2. The zero-order chi connectivity index (χ0) is 15.8. The van der Waals surface area contributed by atoms with Crippen LogP contribution in [0.3, 0.4) is 0 Å². The van der Waals surface area contributed by atoms with Crippen LogP contribution in [0.2, 0.25) is 10.6 Å². The van der Waals surface area contributed by atoms with Gasteiger partial charge in [-0.25, -0.2) is 0 Å². The van der Waals surface area contributed by atoms with E-state index in [-0.39, 0.29) is 5.04 Å². The molecule has 0 saturated carbocycles. The minimum Gasteiger partial charge on any atom is -0.394 e. The second-order valence-corrected chi connectivity index (χ2v) is 10.1. The summed E-state index contributed by atoms with van der Waals surface area (Å²) in [5, 5.41) is 0.233. The minimum atomic E-state index is -2.26. The fraction of sp³-hybridized carbons (Fsp3) is 1.00. The van der Waals surface area contributed by atoms with Crippen LogP contribution >= 0.6 is 0 Å². The van der Waals surface area contributed by atoms with Gasteiger partial charge in [0, 0.05) is 18.3 Å². The Kier molecular flexibility index (Phi) is 9.28. The van der Waals surface area contributed by atoms with E-state index in [1.807, 2.05) is 0 Å². The van der Waals surface area contributed by atoms with E-state index in [0.717, 1.165) is 13.2 Å². The molecule has 0 heterocycles. The first-order valence-corrected chi connectivity index (χ1v) is 10.6. The van der Waals surface area contributed by atoms with E-state index in [1.165, 1.54) is 25.7 Å². The predicted octanol–water partition coefficient (Wildman–Crippen LogP) is 5.91. The van der Waals surface area contributed by atoms with E-state index in [0.29, 0.717) is 11.5 Å². The van der Waals surface area contributed by atoms with Gasteiger partial charge in [0.1, 0.15) is 0 Å². The van der Waals surface area contributed by atoms with Gasteiger partial charge in [0.2, 0.25) is 0 Å². The Morgan fingerprint density at radius 1 is 0.800 bits per heavy atom. The van der Waals surface area contributed by atoms with Crippen molar-refractivity contribution in [2.75, 3.05) is 13.2 Å². The van der Waals surface area contributed by atoms with Gasteiger partial charge < -0.3 is 8.85 Å². The summed E-state index contributed by atoms with van der Waals surface area (Å²) in [6.45, 7) is 19.7. The maximum absolute atomic E-state index is 6.48. The van der Waals surface area contributed by atoms with Crippen molar-refractivity contribution in [3.05, 3.63) is 0 Å². The van der Waals surface area contributed by atoms with Crippen LogP contribution in [0.1, 0.15) is 81.1 Å². The Morgan fingerprint density at radius 3 is 1.40 bits per heavy atom. The first-order valence-electron chi connectivity index (χ1n) is 8.73. The van der Waals surface area contributed by atoms with Crippen molar-refractivity contribution in [1.29, 1.82) is 0 Å². The average Bonchev–Trinajstić information content (AvgIpc) is 2.44. The summed E-state index contributed by atoms with van der Waals surface area (Å²) in [5.41, 5.74) is 0.489. The predicted molar refractivity (Wildman–Crippen MR) is 91.5 cm³/mol. The maximum Gasteiger partial charge on any atom is 0.347 e. The minimum absolute atomic E-state index is 0.233. The normalized spacial score (nSPS) is 13.5. The van der Waals surface area contributed by atoms with Crippen LogP contribution in [-0.4, -0.2) is 21.8 Å². The van der Waals surface area contributed by atoms with Gasteiger partial charge in [-0.15, -0.1) is 0 Å². The highest BCUT2D eigenvalue weighted by Crippen LogP contribution is 2.58. The van der Waals surface area contributed by atoms with Crippen molar-refractivity contribution >= 4 is 8.56 Å². The van der Waals surface area contributed by atoms with Gasteiger partial charge in [-0.1, -0.05) is 54.4 Å². The van der Waals surface area contributed by atoms with Crippen LogP contribution in [0.25, 0.3) is 0 Å². The molecular formula is C17H38O2Si. The van der Waals surface area contributed by atoms with Crippen molar-refractivity contribution in [1.82, 2.24) is 0 Å². The number of hydrogen-bond acceptors (Lipinski definition) is 2. The summed E-state index contributed by atoms with van der Waals surface area (Å²) < 4.78 is 13.0. The Labute approximate surface area is 128 Å². The average molecular weight is 303 g/mol. The molecule has 0 rings (SSSR count). The van der Waals surface area contributed by atoms with E-state index >= 15 is 0 Å². The summed E-state index contributed by atoms with van der Waals surface area (Å²) in [4.78, 5) is 0. The molecule has 0 N–H and O–H groups in total. The van der Waals surface area contributed by atoms with Gasteiger partial charge in [0.05, 0.1) is 0 Å². The van der Waals surface area contributed by atoms with Crippen LogP contribution in [0, 0.1) is 5.92 Å². The largest absolute Gasteiger partial charge is 0.394 e. The molecule has 2 nitrogen and oxygen atoms in total. The van der Waals surface area contributed by atoms with Crippen molar-refractivity contribution in [2.45, 2.75) is 91.7 Å². The third-order valence-electron chi connectivity index (χ3n) is 5.20. The molecule has 20 heavy (non-hydrogen) atoms. The molecule has 0 fully saturated rings. The summed E-state index contributed by atoms with van der Waals surface area (Å²) in [6, 6.07) is 0. The van der Waals surface area contributed by atoms with Gasteiger partial charge in [-0.2, -0.15) is 0 Å². The second-order valence-electron chi connectivity index (χ2n) is 6.06. The molecule has 122 valence electrons. The summed E-state index contributed by atoms with van der Waals surface area (Å²) in [5.74, 6) is 0.699.